The van der Waals surface area contributed by atoms with Gasteiger partial charge in [-0.25, -0.2) is 0 Å². The van der Waals surface area contributed by atoms with Crippen LogP contribution in [0.5, 0.6) is 0 Å². The van der Waals surface area contributed by atoms with Gasteiger partial charge in [-0.05, 0) is 45.7 Å². The summed E-state index contributed by atoms with van der Waals surface area (Å²) >= 11 is 0. The Bertz CT molecular complexity index is 220. The molecule has 2 N–H and O–H groups in total. The highest BCUT2D eigenvalue weighted by atomic mass is 16.5. The minimum atomic E-state index is 0.214. The van der Waals surface area contributed by atoms with Gasteiger partial charge in [0.05, 0.1) is 0 Å². The van der Waals surface area contributed by atoms with Crippen molar-refractivity contribution in [3.63, 3.8) is 0 Å². The molecule has 3 unspecified atom stereocenters. The molecule has 0 aromatic carbocycles. The van der Waals surface area contributed by atoms with E-state index in [0.717, 1.165) is 25.4 Å². The molecule has 0 aromatic rings. The van der Waals surface area contributed by atoms with Gasteiger partial charge in [0.15, 0.2) is 0 Å². The predicted molar refractivity (Wildman–Crippen MR) is 73.1 cm³/mol. The molecule has 1 aliphatic rings. The lowest BCUT2D eigenvalue weighted by Crippen LogP contribution is -2.59. The van der Waals surface area contributed by atoms with Crippen molar-refractivity contribution in [3.8, 4) is 0 Å². The quantitative estimate of drug-likeness (QED) is 0.726. The van der Waals surface area contributed by atoms with Crippen LogP contribution >= 0.6 is 0 Å². The van der Waals surface area contributed by atoms with Gasteiger partial charge in [-0.15, -0.1) is 0 Å². The standard InChI is InChI=1S/C14H30N2O/c1-12-7-5-9-14(11-12,16(2)3)13(15)8-6-10-17-4/h12-13H,5-11,15H2,1-4H3. The summed E-state index contributed by atoms with van der Waals surface area (Å²) in [6.45, 7) is 3.19. The zero-order valence-corrected chi connectivity index (χ0v) is 12.0. The smallest absolute Gasteiger partial charge is 0.0462 e. The molecule has 0 aromatic heterocycles. The maximum Gasteiger partial charge on any atom is 0.0462 e. The number of rotatable bonds is 6. The van der Waals surface area contributed by atoms with Crippen molar-refractivity contribution in [2.24, 2.45) is 11.7 Å². The van der Waals surface area contributed by atoms with Crippen molar-refractivity contribution in [1.29, 1.82) is 0 Å². The number of likely N-dealkylation sites (N-methyl/N-ethyl adjacent to an activating group) is 1. The zero-order chi connectivity index (χ0) is 12.9. The lowest BCUT2D eigenvalue weighted by molar-refractivity contribution is 0.0445. The fourth-order valence-electron chi connectivity index (χ4n) is 3.36. The number of methoxy groups -OCH3 is 1. The molecule has 1 saturated carbocycles. The third-order valence-corrected chi connectivity index (χ3v) is 4.45. The van der Waals surface area contributed by atoms with Crippen LogP contribution in [0.2, 0.25) is 0 Å². The molecular weight excluding hydrogens is 212 g/mol. The summed E-state index contributed by atoms with van der Waals surface area (Å²) in [5.41, 5.74) is 6.70. The SMILES string of the molecule is COCCCC(N)C1(N(C)C)CCCC(C)C1. The van der Waals surface area contributed by atoms with Crippen molar-refractivity contribution in [2.75, 3.05) is 27.8 Å². The van der Waals surface area contributed by atoms with Crippen molar-refractivity contribution < 1.29 is 4.74 Å². The van der Waals surface area contributed by atoms with E-state index in [2.05, 4.69) is 25.9 Å². The average Bonchev–Trinajstić information content (AvgIpc) is 2.28. The van der Waals surface area contributed by atoms with Crippen LogP contribution in [0.1, 0.15) is 45.4 Å². The van der Waals surface area contributed by atoms with Crippen molar-refractivity contribution >= 4 is 0 Å². The van der Waals surface area contributed by atoms with Crippen LogP contribution in [0.3, 0.4) is 0 Å². The summed E-state index contributed by atoms with van der Waals surface area (Å²) in [6.07, 6.45) is 7.31. The first-order valence-electron chi connectivity index (χ1n) is 6.95. The molecule has 0 amide bonds. The second-order valence-corrected chi connectivity index (χ2v) is 5.94. The van der Waals surface area contributed by atoms with Gasteiger partial charge in [-0.1, -0.05) is 19.8 Å². The van der Waals surface area contributed by atoms with Gasteiger partial charge < -0.3 is 15.4 Å². The van der Waals surface area contributed by atoms with Crippen LogP contribution in [0.15, 0.2) is 0 Å². The van der Waals surface area contributed by atoms with Crippen LogP contribution in [0.25, 0.3) is 0 Å². The first-order chi connectivity index (χ1) is 8.03. The van der Waals surface area contributed by atoms with Crippen molar-refractivity contribution in [2.45, 2.75) is 57.0 Å². The van der Waals surface area contributed by atoms with E-state index in [1.54, 1.807) is 7.11 Å². The highest BCUT2D eigenvalue weighted by Crippen LogP contribution is 2.38. The number of nitrogens with two attached hydrogens (primary N) is 1. The normalized spacial score (nSPS) is 31.8. The minimum Gasteiger partial charge on any atom is -0.385 e. The highest BCUT2D eigenvalue weighted by Gasteiger charge is 2.41. The Morgan fingerprint density at radius 1 is 1.47 bits per heavy atom. The van der Waals surface area contributed by atoms with Crippen LogP contribution in [0.4, 0.5) is 0 Å². The van der Waals surface area contributed by atoms with E-state index in [0.29, 0.717) is 0 Å². The van der Waals surface area contributed by atoms with Gasteiger partial charge in [-0.3, -0.25) is 0 Å². The molecular formula is C14H30N2O. The molecule has 102 valence electrons. The van der Waals surface area contributed by atoms with E-state index in [9.17, 15) is 0 Å². The van der Waals surface area contributed by atoms with Gasteiger partial charge in [0.1, 0.15) is 0 Å². The molecule has 3 heteroatoms. The maximum atomic E-state index is 6.49. The van der Waals surface area contributed by atoms with Gasteiger partial charge >= 0.3 is 0 Å². The third kappa shape index (κ3) is 3.67. The highest BCUT2D eigenvalue weighted by molar-refractivity contribution is 5.00. The third-order valence-electron chi connectivity index (χ3n) is 4.45. The lowest BCUT2D eigenvalue weighted by atomic mass is 9.70. The minimum absolute atomic E-state index is 0.214. The molecule has 1 rings (SSSR count). The molecule has 0 spiro atoms. The van der Waals surface area contributed by atoms with Crippen LogP contribution in [0, 0.1) is 5.92 Å². The maximum absolute atomic E-state index is 6.49. The van der Waals surface area contributed by atoms with Gasteiger partial charge in [-0.2, -0.15) is 0 Å². The summed E-state index contributed by atoms with van der Waals surface area (Å²) in [5.74, 6) is 0.805. The molecule has 17 heavy (non-hydrogen) atoms. The topological polar surface area (TPSA) is 38.5 Å². The first-order valence-corrected chi connectivity index (χ1v) is 6.95. The molecule has 1 fully saturated rings. The van der Waals surface area contributed by atoms with E-state index in [4.69, 9.17) is 10.5 Å². The average molecular weight is 242 g/mol. The molecule has 0 heterocycles. The fourth-order valence-corrected chi connectivity index (χ4v) is 3.36. The van der Waals surface area contributed by atoms with Gasteiger partial charge in [0, 0.05) is 25.3 Å². The second-order valence-electron chi connectivity index (χ2n) is 5.94. The predicted octanol–water partition coefficient (Wildman–Crippen LogP) is 2.25. The Hall–Kier alpha value is -0.120. The number of nitrogens with zero attached hydrogens (tertiary/aromatic N) is 1. The van der Waals surface area contributed by atoms with E-state index in [1.165, 1.54) is 25.7 Å². The molecule has 0 radical (unpaired) electrons. The molecule has 3 nitrogen and oxygen atoms in total. The van der Waals surface area contributed by atoms with Crippen LogP contribution in [-0.4, -0.2) is 44.3 Å². The largest absolute Gasteiger partial charge is 0.385 e. The van der Waals surface area contributed by atoms with E-state index < -0.39 is 0 Å². The Morgan fingerprint density at radius 3 is 2.71 bits per heavy atom. The lowest BCUT2D eigenvalue weighted by Gasteiger charge is -2.49. The Labute approximate surface area is 107 Å². The van der Waals surface area contributed by atoms with Gasteiger partial charge in [0.2, 0.25) is 0 Å². The van der Waals surface area contributed by atoms with Crippen LogP contribution in [-0.2, 0) is 4.74 Å². The van der Waals surface area contributed by atoms with E-state index in [1.807, 2.05) is 0 Å². The van der Waals surface area contributed by atoms with Gasteiger partial charge in [0.25, 0.3) is 0 Å². The summed E-state index contributed by atoms with van der Waals surface area (Å²) in [5, 5.41) is 0. The monoisotopic (exact) mass is 242 g/mol. The number of hydrogen-bond acceptors (Lipinski definition) is 3. The van der Waals surface area contributed by atoms with Crippen molar-refractivity contribution in [3.05, 3.63) is 0 Å². The zero-order valence-electron chi connectivity index (χ0n) is 12.0. The van der Waals surface area contributed by atoms with Crippen LogP contribution < -0.4 is 5.73 Å². The van der Waals surface area contributed by atoms with E-state index in [-0.39, 0.29) is 11.6 Å². The molecule has 0 bridgehead atoms. The fraction of sp³-hybridized carbons (Fsp3) is 1.00. The Morgan fingerprint density at radius 2 is 2.18 bits per heavy atom. The second kappa shape index (κ2) is 6.72. The first kappa shape index (κ1) is 14.9. The Balaban J connectivity index is 2.62. The summed E-state index contributed by atoms with van der Waals surface area (Å²) in [7, 11) is 6.14. The summed E-state index contributed by atoms with van der Waals surface area (Å²) < 4.78 is 5.12. The van der Waals surface area contributed by atoms with E-state index >= 15 is 0 Å². The molecule has 1 aliphatic carbocycles. The Kier molecular flexibility index (Phi) is 5.90. The van der Waals surface area contributed by atoms with Crippen molar-refractivity contribution in [1.82, 2.24) is 4.90 Å². The molecule has 3 atom stereocenters. The summed E-state index contributed by atoms with van der Waals surface area (Å²) in [6, 6.07) is 0.274. The number of hydrogen-bond donors (Lipinski definition) is 1. The molecule has 0 saturated heterocycles. The summed E-state index contributed by atoms with van der Waals surface area (Å²) in [4.78, 5) is 2.38. The number of ether oxygens (including phenoxy) is 1. The molecule has 0 aliphatic heterocycles.